The number of methoxy groups -OCH3 is 1. The van der Waals surface area contributed by atoms with Crippen molar-refractivity contribution in [3.05, 3.63) is 24.0 Å². The predicted octanol–water partition coefficient (Wildman–Crippen LogP) is 1.63. The molecule has 1 aromatic rings. The number of piperidine rings is 3. The summed E-state index contributed by atoms with van der Waals surface area (Å²) in [6.45, 7) is 4.84. The van der Waals surface area contributed by atoms with Crippen LogP contribution in [0.2, 0.25) is 0 Å². The van der Waals surface area contributed by atoms with Crippen molar-refractivity contribution >= 4 is 0 Å². The molecule has 4 fully saturated rings. The van der Waals surface area contributed by atoms with Crippen LogP contribution in [0.1, 0.15) is 30.7 Å². The molecule has 2 bridgehead atoms. The Hall–Kier alpha value is -1.13. The SMILES string of the molecule is COc1cncc(C2C3CCN(CC3)[C@]23CCNC3)c1. The van der Waals surface area contributed by atoms with Crippen molar-refractivity contribution in [2.24, 2.45) is 5.92 Å². The van der Waals surface area contributed by atoms with Gasteiger partial charge in [-0.05, 0) is 56.4 Å². The van der Waals surface area contributed by atoms with Crippen molar-refractivity contribution in [3.8, 4) is 5.75 Å². The molecule has 108 valence electrons. The molecule has 1 N–H and O–H groups in total. The van der Waals surface area contributed by atoms with E-state index in [2.05, 4.69) is 27.5 Å². The third kappa shape index (κ3) is 1.71. The van der Waals surface area contributed by atoms with E-state index in [1.165, 1.54) is 37.9 Å². The highest BCUT2D eigenvalue weighted by Gasteiger charge is 2.54. The molecule has 1 aromatic heterocycles. The zero-order valence-electron chi connectivity index (χ0n) is 12.1. The molecule has 20 heavy (non-hydrogen) atoms. The van der Waals surface area contributed by atoms with Gasteiger partial charge in [0, 0.05) is 24.2 Å². The third-order valence-corrected chi connectivity index (χ3v) is 5.71. The van der Waals surface area contributed by atoms with E-state index in [-0.39, 0.29) is 0 Å². The summed E-state index contributed by atoms with van der Waals surface area (Å²) in [5.41, 5.74) is 1.71. The summed E-state index contributed by atoms with van der Waals surface area (Å²) in [7, 11) is 1.73. The second-order valence-electron chi connectivity index (χ2n) is 6.49. The van der Waals surface area contributed by atoms with Gasteiger partial charge < -0.3 is 10.1 Å². The molecule has 0 amide bonds. The molecule has 1 spiro atoms. The monoisotopic (exact) mass is 273 g/mol. The summed E-state index contributed by atoms with van der Waals surface area (Å²) in [5, 5.41) is 3.60. The third-order valence-electron chi connectivity index (χ3n) is 5.71. The Labute approximate surface area is 120 Å². The fourth-order valence-electron chi connectivity index (χ4n) is 4.85. The van der Waals surface area contributed by atoms with Crippen molar-refractivity contribution in [1.82, 2.24) is 15.2 Å². The van der Waals surface area contributed by atoms with E-state index in [9.17, 15) is 0 Å². The molecule has 4 aliphatic heterocycles. The maximum absolute atomic E-state index is 5.39. The van der Waals surface area contributed by atoms with Crippen molar-refractivity contribution in [2.45, 2.75) is 30.7 Å². The molecule has 0 radical (unpaired) electrons. The smallest absolute Gasteiger partial charge is 0.137 e. The van der Waals surface area contributed by atoms with E-state index in [0.717, 1.165) is 24.8 Å². The van der Waals surface area contributed by atoms with E-state index in [1.54, 1.807) is 7.11 Å². The van der Waals surface area contributed by atoms with Crippen LogP contribution in [-0.4, -0.2) is 48.7 Å². The highest BCUT2D eigenvalue weighted by molar-refractivity contribution is 5.32. The summed E-state index contributed by atoms with van der Waals surface area (Å²) in [4.78, 5) is 7.15. The maximum atomic E-state index is 5.39. The van der Waals surface area contributed by atoms with E-state index in [0.29, 0.717) is 11.5 Å². The number of nitrogens with one attached hydrogen (secondary N) is 1. The molecule has 0 aromatic carbocycles. The van der Waals surface area contributed by atoms with Gasteiger partial charge in [0.1, 0.15) is 5.75 Å². The molecule has 0 saturated carbocycles. The molecule has 5 heterocycles. The zero-order chi connectivity index (χ0) is 13.6. The minimum atomic E-state index is 0.329. The van der Waals surface area contributed by atoms with E-state index < -0.39 is 0 Å². The van der Waals surface area contributed by atoms with Gasteiger partial charge in [0.15, 0.2) is 0 Å². The van der Waals surface area contributed by atoms with Crippen LogP contribution in [0.3, 0.4) is 0 Å². The standard InChI is InChI=1S/C16H23N3O/c1-20-14-8-13(9-18-10-14)15-12-2-6-19(7-3-12)16(15)4-5-17-11-16/h8-10,12,15,17H,2-7,11H2,1H3/t15?,16-/m0/s1. The average molecular weight is 273 g/mol. The summed E-state index contributed by atoms with van der Waals surface area (Å²) in [6, 6.07) is 2.21. The number of nitrogens with zero attached hydrogens (tertiary/aromatic N) is 2. The fourth-order valence-corrected chi connectivity index (χ4v) is 4.85. The van der Waals surface area contributed by atoms with Crippen LogP contribution < -0.4 is 10.1 Å². The van der Waals surface area contributed by atoms with Crippen molar-refractivity contribution in [1.29, 1.82) is 0 Å². The van der Waals surface area contributed by atoms with Crippen molar-refractivity contribution in [2.75, 3.05) is 33.3 Å². The molecule has 4 aliphatic rings. The number of pyridine rings is 1. The molecule has 1 unspecified atom stereocenters. The van der Waals surface area contributed by atoms with E-state index in [1.807, 2.05) is 6.20 Å². The summed E-state index contributed by atoms with van der Waals surface area (Å²) < 4.78 is 5.39. The minimum absolute atomic E-state index is 0.329. The summed E-state index contributed by atoms with van der Waals surface area (Å²) in [5.74, 6) is 2.32. The first-order chi connectivity index (χ1) is 9.83. The Morgan fingerprint density at radius 2 is 2.20 bits per heavy atom. The average Bonchev–Trinajstić information content (AvgIpc) is 2.98. The number of aromatic nitrogens is 1. The Bertz CT molecular complexity index is 490. The van der Waals surface area contributed by atoms with Crippen LogP contribution in [0.5, 0.6) is 5.75 Å². The number of fused-ring (bicyclic) bond motifs is 2. The molecule has 2 atom stereocenters. The largest absolute Gasteiger partial charge is 0.495 e. The first-order valence-corrected chi connectivity index (χ1v) is 7.78. The van der Waals surface area contributed by atoms with E-state index in [4.69, 9.17) is 4.74 Å². The molecule has 5 rings (SSSR count). The predicted molar refractivity (Wildman–Crippen MR) is 78.0 cm³/mol. The van der Waals surface area contributed by atoms with Crippen LogP contribution in [0, 0.1) is 5.92 Å². The first-order valence-electron chi connectivity index (χ1n) is 7.78. The number of ether oxygens (including phenoxy) is 1. The van der Waals surface area contributed by atoms with Gasteiger partial charge in [-0.15, -0.1) is 0 Å². The second-order valence-corrected chi connectivity index (χ2v) is 6.49. The lowest BCUT2D eigenvalue weighted by Gasteiger charge is -2.58. The quantitative estimate of drug-likeness (QED) is 0.889. The molecule has 4 heteroatoms. The number of rotatable bonds is 2. The van der Waals surface area contributed by atoms with Crippen LogP contribution in [0.4, 0.5) is 0 Å². The minimum Gasteiger partial charge on any atom is -0.495 e. The van der Waals surface area contributed by atoms with Gasteiger partial charge in [-0.1, -0.05) is 0 Å². The first kappa shape index (κ1) is 12.6. The molecule has 0 aliphatic carbocycles. The zero-order valence-corrected chi connectivity index (χ0v) is 12.1. The van der Waals surface area contributed by atoms with Crippen molar-refractivity contribution in [3.63, 3.8) is 0 Å². The van der Waals surface area contributed by atoms with Gasteiger partial charge in [-0.2, -0.15) is 0 Å². The Morgan fingerprint density at radius 1 is 1.35 bits per heavy atom. The van der Waals surface area contributed by atoms with Crippen LogP contribution in [-0.2, 0) is 0 Å². The lowest BCUT2D eigenvalue weighted by Crippen LogP contribution is -2.64. The van der Waals surface area contributed by atoms with Crippen LogP contribution >= 0.6 is 0 Å². The molecule has 4 saturated heterocycles. The summed E-state index contributed by atoms with van der Waals surface area (Å²) >= 11 is 0. The lowest BCUT2D eigenvalue weighted by atomic mass is 9.63. The lowest BCUT2D eigenvalue weighted by molar-refractivity contribution is -0.0405. The highest BCUT2D eigenvalue weighted by atomic mass is 16.5. The number of hydrogen-bond donors (Lipinski definition) is 1. The summed E-state index contributed by atoms with van der Waals surface area (Å²) in [6.07, 6.45) is 7.82. The van der Waals surface area contributed by atoms with E-state index >= 15 is 0 Å². The Balaban J connectivity index is 1.77. The van der Waals surface area contributed by atoms with Crippen LogP contribution in [0.25, 0.3) is 0 Å². The van der Waals surface area contributed by atoms with Gasteiger partial charge in [0.05, 0.1) is 13.3 Å². The highest BCUT2D eigenvalue weighted by Crippen LogP contribution is 2.52. The topological polar surface area (TPSA) is 37.4 Å². The van der Waals surface area contributed by atoms with Gasteiger partial charge >= 0.3 is 0 Å². The normalized spacial score (nSPS) is 39.4. The fraction of sp³-hybridized carbons (Fsp3) is 0.688. The molecular weight excluding hydrogens is 250 g/mol. The molecule has 4 nitrogen and oxygen atoms in total. The maximum Gasteiger partial charge on any atom is 0.137 e. The van der Waals surface area contributed by atoms with Gasteiger partial charge in [-0.25, -0.2) is 0 Å². The Kier molecular flexibility index (Phi) is 2.97. The van der Waals surface area contributed by atoms with Crippen LogP contribution in [0.15, 0.2) is 18.5 Å². The number of hydrogen-bond acceptors (Lipinski definition) is 4. The molecular formula is C16H23N3O. The second kappa shape index (κ2) is 4.71. The van der Waals surface area contributed by atoms with Crippen molar-refractivity contribution < 1.29 is 4.74 Å². The van der Waals surface area contributed by atoms with Gasteiger partial charge in [0.25, 0.3) is 0 Å². The Morgan fingerprint density at radius 3 is 2.90 bits per heavy atom. The van der Waals surface area contributed by atoms with Gasteiger partial charge in [-0.3, -0.25) is 9.88 Å². The van der Waals surface area contributed by atoms with Gasteiger partial charge in [0.2, 0.25) is 0 Å².